The Hall–Kier alpha value is -2.91. The zero-order valence-corrected chi connectivity index (χ0v) is 18.8. The van der Waals surface area contributed by atoms with Crippen LogP contribution in [0, 0.1) is 5.92 Å². The summed E-state index contributed by atoms with van der Waals surface area (Å²) >= 11 is 0. The molecular weight excluding hydrogens is 418 g/mol. The van der Waals surface area contributed by atoms with Crippen molar-refractivity contribution in [2.75, 3.05) is 5.32 Å². The lowest BCUT2D eigenvalue weighted by molar-refractivity contribution is -0.118. The van der Waals surface area contributed by atoms with Crippen molar-refractivity contribution < 1.29 is 17.6 Å². The molecule has 1 amide bonds. The molecule has 0 unspecified atom stereocenters. The number of carbonyl (C=O) groups is 1. The summed E-state index contributed by atoms with van der Waals surface area (Å²) in [6.45, 7) is 5.86. The second-order valence-electron chi connectivity index (χ2n) is 7.90. The molecule has 166 valence electrons. The first-order valence-electron chi connectivity index (χ1n) is 10.1. The number of anilines is 1. The standard InChI is InChI=1S/C22H27N3O5S/c1-5-15-6-8-16(9-7-15)23-21(26)18(12-14(2)3)24-31(28,29)17-10-11-19-20(13-17)30-22(27)25(19)4/h6-11,13-14,18,24H,5,12H2,1-4H3,(H,23,26)/t18-/m0/s1. The van der Waals surface area contributed by atoms with Gasteiger partial charge in [-0.05, 0) is 48.6 Å². The number of hydrogen-bond acceptors (Lipinski definition) is 5. The molecule has 31 heavy (non-hydrogen) atoms. The first-order valence-corrected chi connectivity index (χ1v) is 11.6. The van der Waals surface area contributed by atoms with Crippen LogP contribution in [0.5, 0.6) is 0 Å². The van der Waals surface area contributed by atoms with Gasteiger partial charge in [0, 0.05) is 18.8 Å². The van der Waals surface area contributed by atoms with Crippen molar-refractivity contribution in [3.8, 4) is 0 Å². The molecule has 0 bridgehead atoms. The molecule has 0 aliphatic heterocycles. The van der Waals surface area contributed by atoms with Crippen LogP contribution in [0.2, 0.25) is 0 Å². The summed E-state index contributed by atoms with van der Waals surface area (Å²) in [7, 11) is -2.49. The lowest BCUT2D eigenvalue weighted by Crippen LogP contribution is -2.44. The van der Waals surface area contributed by atoms with Crippen LogP contribution in [-0.4, -0.2) is 24.9 Å². The summed E-state index contributed by atoms with van der Waals surface area (Å²) in [6.07, 6.45) is 1.21. The molecule has 1 aromatic heterocycles. The predicted molar refractivity (Wildman–Crippen MR) is 119 cm³/mol. The van der Waals surface area contributed by atoms with E-state index in [4.69, 9.17) is 4.42 Å². The molecule has 1 heterocycles. The molecule has 0 saturated heterocycles. The van der Waals surface area contributed by atoms with Gasteiger partial charge in [0.15, 0.2) is 5.58 Å². The molecule has 0 fully saturated rings. The van der Waals surface area contributed by atoms with Crippen LogP contribution in [-0.2, 0) is 28.3 Å². The topological polar surface area (TPSA) is 110 Å². The van der Waals surface area contributed by atoms with Gasteiger partial charge in [0.05, 0.1) is 10.4 Å². The fraction of sp³-hybridized carbons (Fsp3) is 0.364. The third-order valence-electron chi connectivity index (χ3n) is 5.02. The lowest BCUT2D eigenvalue weighted by atomic mass is 10.0. The number of oxazole rings is 1. The zero-order chi connectivity index (χ0) is 22.8. The number of aryl methyl sites for hydroxylation is 2. The molecule has 9 heteroatoms. The van der Waals surface area contributed by atoms with Gasteiger partial charge in [0.1, 0.15) is 6.04 Å². The van der Waals surface area contributed by atoms with E-state index in [0.717, 1.165) is 12.0 Å². The summed E-state index contributed by atoms with van der Waals surface area (Å²) in [6, 6.07) is 10.6. The average molecular weight is 446 g/mol. The van der Waals surface area contributed by atoms with Crippen molar-refractivity contribution >= 4 is 32.7 Å². The highest BCUT2D eigenvalue weighted by molar-refractivity contribution is 7.89. The Balaban J connectivity index is 1.84. The molecular formula is C22H27N3O5S. The van der Waals surface area contributed by atoms with Gasteiger partial charge in [-0.2, -0.15) is 4.72 Å². The fourth-order valence-corrected chi connectivity index (χ4v) is 4.49. The number of nitrogens with one attached hydrogen (secondary N) is 2. The van der Waals surface area contributed by atoms with Crippen molar-refractivity contribution in [2.24, 2.45) is 13.0 Å². The minimum absolute atomic E-state index is 0.0792. The fourth-order valence-electron chi connectivity index (χ4n) is 3.27. The molecule has 3 rings (SSSR count). The molecule has 0 aliphatic rings. The van der Waals surface area contributed by atoms with Gasteiger partial charge in [-0.1, -0.05) is 32.9 Å². The van der Waals surface area contributed by atoms with Gasteiger partial charge in [-0.3, -0.25) is 9.36 Å². The second kappa shape index (κ2) is 9.07. The number of carbonyl (C=O) groups excluding carboxylic acids is 1. The number of benzene rings is 2. The van der Waals surface area contributed by atoms with Crippen molar-refractivity contribution in [3.63, 3.8) is 0 Å². The van der Waals surface area contributed by atoms with Crippen LogP contribution in [0.15, 0.2) is 56.6 Å². The summed E-state index contributed by atoms with van der Waals surface area (Å²) in [5.41, 5.74) is 2.38. The normalized spacial score (nSPS) is 12.9. The van der Waals surface area contributed by atoms with E-state index in [1.807, 2.05) is 32.9 Å². The number of sulfonamides is 1. The number of amides is 1. The van der Waals surface area contributed by atoms with Crippen molar-refractivity contribution in [1.82, 2.24) is 9.29 Å². The molecule has 0 spiro atoms. The Morgan fingerprint density at radius 1 is 1.13 bits per heavy atom. The quantitative estimate of drug-likeness (QED) is 0.554. The van der Waals surface area contributed by atoms with Crippen molar-refractivity contribution in [1.29, 1.82) is 0 Å². The Bertz CT molecular complexity index is 1240. The number of nitrogens with zero attached hydrogens (tertiary/aromatic N) is 1. The van der Waals surface area contributed by atoms with Gasteiger partial charge in [-0.15, -0.1) is 0 Å². The van der Waals surface area contributed by atoms with Crippen LogP contribution < -0.4 is 15.8 Å². The minimum atomic E-state index is -4.03. The monoisotopic (exact) mass is 445 g/mol. The van der Waals surface area contributed by atoms with E-state index < -0.39 is 27.7 Å². The zero-order valence-electron chi connectivity index (χ0n) is 18.0. The Morgan fingerprint density at radius 3 is 2.42 bits per heavy atom. The summed E-state index contributed by atoms with van der Waals surface area (Å²) in [5.74, 6) is -0.937. The van der Waals surface area contributed by atoms with Gasteiger partial charge < -0.3 is 9.73 Å². The highest BCUT2D eigenvalue weighted by Crippen LogP contribution is 2.20. The number of aromatic nitrogens is 1. The minimum Gasteiger partial charge on any atom is -0.408 e. The summed E-state index contributed by atoms with van der Waals surface area (Å²) < 4.78 is 34.8. The maximum Gasteiger partial charge on any atom is 0.419 e. The molecule has 1 atom stereocenters. The number of rotatable bonds is 8. The third-order valence-corrected chi connectivity index (χ3v) is 6.49. The third kappa shape index (κ3) is 5.23. The van der Waals surface area contributed by atoms with Gasteiger partial charge in [0.25, 0.3) is 0 Å². The van der Waals surface area contributed by atoms with Crippen LogP contribution in [0.4, 0.5) is 5.69 Å². The van der Waals surface area contributed by atoms with Crippen molar-refractivity contribution in [3.05, 3.63) is 58.6 Å². The first-order chi connectivity index (χ1) is 14.6. The van der Waals surface area contributed by atoms with Gasteiger partial charge in [0.2, 0.25) is 15.9 Å². The summed E-state index contributed by atoms with van der Waals surface area (Å²) in [5, 5.41) is 2.78. The van der Waals surface area contributed by atoms with Gasteiger partial charge >= 0.3 is 5.76 Å². The second-order valence-corrected chi connectivity index (χ2v) is 9.61. The van der Waals surface area contributed by atoms with E-state index in [1.54, 1.807) is 12.1 Å². The smallest absolute Gasteiger partial charge is 0.408 e. The SMILES string of the molecule is CCc1ccc(NC(=O)[C@H](CC(C)C)NS(=O)(=O)c2ccc3c(c2)oc(=O)n3C)cc1. The van der Waals surface area contributed by atoms with Crippen LogP contribution >= 0.6 is 0 Å². The Labute approximate surface area is 181 Å². The molecule has 8 nitrogen and oxygen atoms in total. The number of hydrogen-bond donors (Lipinski definition) is 2. The van der Waals surface area contributed by atoms with Crippen LogP contribution in [0.1, 0.15) is 32.8 Å². The maximum absolute atomic E-state index is 13.0. The largest absolute Gasteiger partial charge is 0.419 e. The highest BCUT2D eigenvalue weighted by Gasteiger charge is 2.27. The number of fused-ring (bicyclic) bond motifs is 1. The van der Waals surface area contributed by atoms with E-state index in [-0.39, 0.29) is 16.4 Å². The van der Waals surface area contributed by atoms with E-state index in [0.29, 0.717) is 17.6 Å². The summed E-state index contributed by atoms with van der Waals surface area (Å²) in [4.78, 5) is 24.5. The average Bonchev–Trinajstić information content (AvgIpc) is 3.00. The molecule has 0 aliphatic carbocycles. The Kier molecular flexibility index (Phi) is 6.66. The molecule has 0 saturated carbocycles. The van der Waals surface area contributed by atoms with Gasteiger partial charge in [-0.25, -0.2) is 13.2 Å². The van der Waals surface area contributed by atoms with Crippen LogP contribution in [0.3, 0.4) is 0 Å². The maximum atomic E-state index is 13.0. The van der Waals surface area contributed by atoms with Crippen LogP contribution in [0.25, 0.3) is 11.1 Å². The lowest BCUT2D eigenvalue weighted by Gasteiger charge is -2.20. The molecule has 2 aromatic carbocycles. The molecule has 3 aromatic rings. The van der Waals surface area contributed by atoms with E-state index >= 15 is 0 Å². The first kappa shape index (κ1) is 22.8. The van der Waals surface area contributed by atoms with Crippen molar-refractivity contribution in [2.45, 2.75) is 44.6 Å². The van der Waals surface area contributed by atoms with E-state index in [2.05, 4.69) is 10.0 Å². The Morgan fingerprint density at radius 2 is 1.81 bits per heavy atom. The molecule has 2 N–H and O–H groups in total. The highest BCUT2D eigenvalue weighted by atomic mass is 32.2. The van der Waals surface area contributed by atoms with E-state index in [1.165, 1.54) is 29.8 Å². The van der Waals surface area contributed by atoms with E-state index in [9.17, 15) is 18.0 Å². The molecule has 0 radical (unpaired) electrons. The predicted octanol–water partition coefficient (Wildman–Crippen LogP) is 3.03.